The Kier molecular flexibility index (Phi) is 6.19. The zero-order valence-electron chi connectivity index (χ0n) is 21.7. The number of methoxy groups -OCH3 is 1. The Morgan fingerprint density at radius 2 is 1.64 bits per heavy atom. The zero-order chi connectivity index (χ0) is 27.3. The van der Waals surface area contributed by atoms with Crippen molar-refractivity contribution in [3.63, 3.8) is 0 Å². The van der Waals surface area contributed by atoms with Crippen LogP contribution >= 0.6 is 0 Å². The van der Waals surface area contributed by atoms with Crippen LogP contribution in [0.25, 0.3) is 5.57 Å². The number of aliphatic hydroxyl groups excluding tert-OH is 1. The van der Waals surface area contributed by atoms with Crippen LogP contribution in [0.3, 0.4) is 0 Å². The fourth-order valence-corrected chi connectivity index (χ4v) is 6.44. The summed E-state index contributed by atoms with van der Waals surface area (Å²) < 4.78 is 19.0. The van der Waals surface area contributed by atoms with Gasteiger partial charge in [0.05, 0.1) is 31.6 Å². The number of phenolic OH excluding ortho intramolecular Hbond substituents is 1. The van der Waals surface area contributed by atoms with Gasteiger partial charge in [-0.2, -0.15) is 0 Å². The number of terminal acetylenes is 1. The molecule has 0 spiro atoms. The zero-order valence-corrected chi connectivity index (χ0v) is 21.7. The molecular formula is C32H29NO6. The molecular weight excluding hydrogens is 494 g/mol. The van der Waals surface area contributed by atoms with Gasteiger partial charge < -0.3 is 24.4 Å². The number of nitrogens with zero attached hydrogens (tertiary/aromatic N) is 1. The Hall–Kier alpha value is -4.09. The van der Waals surface area contributed by atoms with Gasteiger partial charge in [-0.1, -0.05) is 73.5 Å². The second-order valence-corrected chi connectivity index (χ2v) is 10.1. The largest absolute Gasteiger partial charge is 0.508 e. The molecule has 7 heteroatoms. The maximum Gasteiger partial charge on any atom is 0.415 e. The number of carbonyl (C=O) groups excluding carboxylic acids is 1. The van der Waals surface area contributed by atoms with Gasteiger partial charge in [0.25, 0.3) is 0 Å². The molecule has 3 aliphatic rings. The Bertz CT molecular complexity index is 1440. The van der Waals surface area contributed by atoms with E-state index in [1.165, 1.54) is 18.1 Å². The van der Waals surface area contributed by atoms with Gasteiger partial charge in [-0.3, -0.25) is 4.90 Å². The third-order valence-electron chi connectivity index (χ3n) is 8.11. The van der Waals surface area contributed by atoms with Crippen molar-refractivity contribution in [2.24, 2.45) is 11.8 Å². The van der Waals surface area contributed by atoms with Crippen LogP contribution in [-0.2, 0) is 20.0 Å². The van der Waals surface area contributed by atoms with Gasteiger partial charge in [0.15, 0.2) is 0 Å². The van der Waals surface area contributed by atoms with Gasteiger partial charge in [-0.25, -0.2) is 4.79 Å². The average molecular weight is 524 g/mol. The SMILES string of the molecule is C#C[C@H]1C2=C(c3cc(O)ccc3N1C(=O)OC)[C@H](CO)[C@H]1OC(c3ccccc3)(c3ccccc3)O[C@H]1[C@@H]2C. The van der Waals surface area contributed by atoms with Crippen molar-refractivity contribution in [1.82, 2.24) is 0 Å². The Morgan fingerprint density at radius 3 is 2.21 bits per heavy atom. The van der Waals surface area contributed by atoms with Crippen LogP contribution < -0.4 is 4.90 Å². The van der Waals surface area contributed by atoms with E-state index in [2.05, 4.69) is 5.92 Å². The number of anilines is 1. The monoisotopic (exact) mass is 523 g/mol. The van der Waals surface area contributed by atoms with Gasteiger partial charge >= 0.3 is 6.09 Å². The third-order valence-corrected chi connectivity index (χ3v) is 8.11. The summed E-state index contributed by atoms with van der Waals surface area (Å²) in [6.45, 7) is 1.75. The molecule has 2 N–H and O–H groups in total. The number of benzene rings is 3. The number of carbonyl (C=O) groups is 1. The van der Waals surface area contributed by atoms with E-state index >= 15 is 0 Å². The number of ether oxygens (including phenoxy) is 3. The van der Waals surface area contributed by atoms with Crippen LogP contribution in [0.2, 0.25) is 0 Å². The summed E-state index contributed by atoms with van der Waals surface area (Å²) in [6, 6.07) is 23.4. The highest BCUT2D eigenvalue weighted by Gasteiger charge is 2.59. The summed E-state index contributed by atoms with van der Waals surface area (Å²) in [5.41, 5.74) is 4.29. The third kappa shape index (κ3) is 3.68. The molecule has 1 amide bonds. The fraction of sp³-hybridized carbons (Fsp3) is 0.281. The van der Waals surface area contributed by atoms with E-state index in [0.717, 1.165) is 22.3 Å². The molecule has 198 valence electrons. The molecule has 5 atom stereocenters. The summed E-state index contributed by atoms with van der Waals surface area (Å²) in [7, 11) is 1.30. The second kappa shape index (κ2) is 9.58. The van der Waals surface area contributed by atoms with Gasteiger partial charge in [0.2, 0.25) is 5.79 Å². The molecule has 6 rings (SSSR count). The van der Waals surface area contributed by atoms with E-state index < -0.39 is 36.0 Å². The number of aliphatic hydroxyl groups is 1. The molecule has 7 nitrogen and oxygen atoms in total. The molecule has 39 heavy (non-hydrogen) atoms. The summed E-state index contributed by atoms with van der Waals surface area (Å²) >= 11 is 0. The van der Waals surface area contributed by atoms with Crippen LogP contribution in [0.5, 0.6) is 5.75 Å². The lowest BCUT2D eigenvalue weighted by Crippen LogP contribution is -2.52. The second-order valence-electron chi connectivity index (χ2n) is 10.1. The minimum Gasteiger partial charge on any atom is -0.508 e. The smallest absolute Gasteiger partial charge is 0.415 e. The van der Waals surface area contributed by atoms with Crippen molar-refractivity contribution in [2.75, 3.05) is 18.6 Å². The van der Waals surface area contributed by atoms with Crippen LogP contribution in [0.15, 0.2) is 84.4 Å². The molecule has 0 bridgehead atoms. The van der Waals surface area contributed by atoms with Gasteiger partial charge in [-0.05, 0) is 29.3 Å². The fourth-order valence-electron chi connectivity index (χ4n) is 6.44. The van der Waals surface area contributed by atoms with Crippen LogP contribution in [0, 0.1) is 24.2 Å². The van der Waals surface area contributed by atoms with E-state index in [9.17, 15) is 15.0 Å². The predicted octanol–water partition coefficient (Wildman–Crippen LogP) is 4.68. The van der Waals surface area contributed by atoms with E-state index in [4.69, 9.17) is 20.6 Å². The molecule has 1 fully saturated rings. The Labute approximate surface area is 227 Å². The first kappa shape index (κ1) is 25.2. The highest BCUT2D eigenvalue weighted by molar-refractivity contribution is 5.99. The number of phenols is 1. The standard InChI is InChI=1S/C32H29NO6/c1-4-25-27-19(2)29-30(39-32(38-29,20-11-7-5-8-12-20)21-13-9-6-10-14-21)24(18-34)28(27)23-17-22(35)15-16-26(23)33(25)31(36)37-3/h1,5-17,19,24-25,29-30,34-35H,18H2,2-3H3/t19-,24+,25+,29+,30-/m1/s1. The van der Waals surface area contributed by atoms with Gasteiger partial charge in [0.1, 0.15) is 11.8 Å². The first-order valence-electron chi connectivity index (χ1n) is 12.9. The van der Waals surface area contributed by atoms with Crippen molar-refractivity contribution in [2.45, 2.75) is 31.0 Å². The van der Waals surface area contributed by atoms with E-state index in [1.54, 1.807) is 12.1 Å². The first-order chi connectivity index (χ1) is 18.9. The van der Waals surface area contributed by atoms with Crippen molar-refractivity contribution in [3.8, 4) is 18.1 Å². The minimum atomic E-state index is -1.22. The molecule has 1 aliphatic carbocycles. The maximum atomic E-state index is 13.0. The molecule has 0 aromatic heterocycles. The van der Waals surface area contributed by atoms with Crippen molar-refractivity contribution >= 4 is 17.4 Å². The van der Waals surface area contributed by atoms with E-state index in [-0.39, 0.29) is 18.3 Å². The van der Waals surface area contributed by atoms with Crippen LogP contribution in [0.4, 0.5) is 10.5 Å². The summed E-state index contributed by atoms with van der Waals surface area (Å²) in [4.78, 5) is 14.5. The van der Waals surface area contributed by atoms with Gasteiger partial charge in [0, 0.05) is 28.5 Å². The normalized spacial score (nSPS) is 26.7. The van der Waals surface area contributed by atoms with E-state index in [1.807, 2.05) is 67.6 Å². The lowest BCUT2D eigenvalue weighted by atomic mass is 9.67. The number of rotatable bonds is 3. The highest BCUT2D eigenvalue weighted by Crippen LogP contribution is 2.57. The quantitative estimate of drug-likeness (QED) is 0.485. The van der Waals surface area contributed by atoms with Gasteiger partial charge in [-0.15, -0.1) is 6.42 Å². The Morgan fingerprint density at radius 1 is 1.03 bits per heavy atom. The number of hydrogen-bond acceptors (Lipinski definition) is 6. The molecule has 0 unspecified atom stereocenters. The lowest BCUT2D eigenvalue weighted by molar-refractivity contribution is -0.155. The molecule has 0 radical (unpaired) electrons. The molecule has 0 saturated carbocycles. The maximum absolute atomic E-state index is 13.0. The minimum absolute atomic E-state index is 0.0301. The molecule has 2 aliphatic heterocycles. The molecule has 1 saturated heterocycles. The molecule has 3 aromatic rings. The molecule has 2 heterocycles. The van der Waals surface area contributed by atoms with E-state index in [0.29, 0.717) is 11.3 Å². The summed E-state index contributed by atoms with van der Waals surface area (Å²) in [5.74, 6) is 0.765. The first-order valence-corrected chi connectivity index (χ1v) is 12.9. The predicted molar refractivity (Wildman–Crippen MR) is 146 cm³/mol. The summed E-state index contributed by atoms with van der Waals surface area (Å²) in [6.07, 6.45) is 4.44. The number of amides is 1. The average Bonchev–Trinajstić information content (AvgIpc) is 3.39. The summed E-state index contributed by atoms with van der Waals surface area (Å²) in [5, 5.41) is 21.3. The molecule has 3 aromatic carbocycles. The van der Waals surface area contributed by atoms with Crippen molar-refractivity contribution in [1.29, 1.82) is 0 Å². The topological polar surface area (TPSA) is 88.5 Å². The van der Waals surface area contributed by atoms with Crippen molar-refractivity contribution < 1.29 is 29.2 Å². The lowest BCUT2D eigenvalue weighted by Gasteiger charge is -2.46. The van der Waals surface area contributed by atoms with Crippen molar-refractivity contribution in [3.05, 3.63) is 101 Å². The van der Waals surface area contributed by atoms with Crippen LogP contribution in [0.1, 0.15) is 23.6 Å². The number of fused-ring (bicyclic) bond motifs is 3. The number of aromatic hydroxyl groups is 1. The number of hydrogen-bond donors (Lipinski definition) is 2. The van der Waals surface area contributed by atoms with Crippen LogP contribution in [-0.4, -0.2) is 48.3 Å². The highest BCUT2D eigenvalue weighted by atomic mass is 16.8. The Balaban J connectivity index is 1.56.